The second-order valence-corrected chi connectivity index (χ2v) is 10.2. The number of hydrogen-bond acceptors (Lipinski definition) is 10. The molecular weight excluding hydrogens is 504 g/mol. The topological polar surface area (TPSA) is 121 Å². The Balaban J connectivity index is 1.25. The fourth-order valence-corrected chi connectivity index (χ4v) is 5.21. The lowest BCUT2D eigenvalue weighted by Gasteiger charge is -2.13. The van der Waals surface area contributed by atoms with Gasteiger partial charge in [0.1, 0.15) is 17.0 Å². The summed E-state index contributed by atoms with van der Waals surface area (Å²) in [5.74, 6) is 0.517. The van der Waals surface area contributed by atoms with Crippen molar-refractivity contribution in [2.75, 3.05) is 19.0 Å². The first kappa shape index (κ1) is 23.0. The van der Waals surface area contributed by atoms with Gasteiger partial charge in [-0.25, -0.2) is 9.97 Å². The van der Waals surface area contributed by atoms with Crippen molar-refractivity contribution >= 4 is 44.5 Å². The number of thiazole rings is 1. The summed E-state index contributed by atoms with van der Waals surface area (Å²) in [4.78, 5) is 35.5. The highest BCUT2D eigenvalue weighted by Crippen LogP contribution is 2.48. The first-order valence-electron chi connectivity index (χ1n) is 11.3. The lowest BCUT2D eigenvalue weighted by atomic mass is 10.0. The molecule has 0 aromatic carbocycles. The second kappa shape index (κ2) is 8.91. The first-order valence-corrected chi connectivity index (χ1v) is 12.5. The number of fused-ring (bicyclic) bond motifs is 1. The number of anilines is 1. The van der Waals surface area contributed by atoms with Crippen molar-refractivity contribution in [1.29, 1.82) is 0 Å². The summed E-state index contributed by atoms with van der Waals surface area (Å²) < 4.78 is 17.3. The predicted molar refractivity (Wildman–Crippen MR) is 134 cm³/mol. The third-order valence-electron chi connectivity index (χ3n) is 6.22. The molecule has 4 aromatic rings. The van der Waals surface area contributed by atoms with E-state index in [1.165, 1.54) is 30.8 Å². The van der Waals surface area contributed by atoms with Crippen molar-refractivity contribution in [3.05, 3.63) is 47.1 Å². The number of hydrogen-bond donors (Lipinski definition) is 1. The molecule has 1 atom stereocenters. The molecule has 5 heterocycles. The smallest absolute Gasteiger partial charge is 0.259 e. The van der Waals surface area contributed by atoms with Crippen LogP contribution in [0.3, 0.4) is 0 Å². The summed E-state index contributed by atoms with van der Waals surface area (Å²) >= 11 is 7.35. The third-order valence-corrected chi connectivity index (χ3v) is 7.28. The van der Waals surface area contributed by atoms with Gasteiger partial charge in [-0.15, -0.1) is 0 Å². The van der Waals surface area contributed by atoms with Gasteiger partial charge >= 0.3 is 0 Å². The molecule has 4 aromatic heterocycles. The van der Waals surface area contributed by atoms with Crippen LogP contribution in [0.25, 0.3) is 21.6 Å². The number of rotatable bonds is 6. The lowest BCUT2D eigenvalue weighted by molar-refractivity contribution is 0.0778. The minimum atomic E-state index is -0.388. The molecule has 1 aliphatic heterocycles. The van der Waals surface area contributed by atoms with E-state index in [1.807, 2.05) is 6.92 Å². The maximum absolute atomic E-state index is 13.3. The summed E-state index contributed by atoms with van der Waals surface area (Å²) in [7, 11) is 1.53. The molecule has 184 valence electrons. The molecule has 2 aliphatic rings. The van der Waals surface area contributed by atoms with Crippen molar-refractivity contribution in [2.45, 2.75) is 37.9 Å². The predicted octanol–water partition coefficient (Wildman–Crippen LogP) is 4.47. The molecule has 1 spiro atoms. The Kier molecular flexibility index (Phi) is 5.70. The van der Waals surface area contributed by atoms with Gasteiger partial charge in [0.15, 0.2) is 15.6 Å². The van der Waals surface area contributed by atoms with Crippen LogP contribution in [-0.4, -0.2) is 56.2 Å². The van der Waals surface area contributed by atoms with Gasteiger partial charge in [0.25, 0.3) is 5.91 Å². The Hall–Kier alpha value is -3.41. The molecule has 12 heteroatoms. The number of halogens is 1. The van der Waals surface area contributed by atoms with Crippen LogP contribution >= 0.6 is 22.9 Å². The molecule has 1 aliphatic carbocycles. The molecule has 1 unspecified atom stereocenters. The minimum absolute atomic E-state index is 0.0272. The molecule has 1 N–H and O–H groups in total. The quantitative estimate of drug-likeness (QED) is 0.364. The summed E-state index contributed by atoms with van der Waals surface area (Å²) in [5, 5.41) is 3.48. The number of carbonyl (C=O) groups excluding carboxylic acids is 1. The summed E-state index contributed by atoms with van der Waals surface area (Å²) in [6, 6.07) is 3.45. The minimum Gasteiger partial charge on any atom is -0.494 e. The Morgan fingerprint density at radius 1 is 1.17 bits per heavy atom. The summed E-state index contributed by atoms with van der Waals surface area (Å²) in [6.45, 7) is 2.40. The van der Waals surface area contributed by atoms with E-state index in [0.29, 0.717) is 50.5 Å². The van der Waals surface area contributed by atoms with Crippen molar-refractivity contribution in [3.8, 4) is 22.8 Å². The molecule has 1 saturated carbocycles. The van der Waals surface area contributed by atoms with E-state index in [1.54, 1.807) is 18.3 Å². The monoisotopic (exact) mass is 524 g/mol. The Morgan fingerprint density at radius 3 is 2.81 bits per heavy atom. The van der Waals surface area contributed by atoms with E-state index in [4.69, 9.17) is 25.8 Å². The fourth-order valence-electron chi connectivity index (χ4n) is 4.27. The number of aromatic nitrogens is 5. The van der Waals surface area contributed by atoms with Gasteiger partial charge in [-0.1, -0.05) is 22.9 Å². The molecule has 6 rings (SSSR count). The Labute approximate surface area is 215 Å². The molecule has 10 nitrogen and oxygen atoms in total. The zero-order valence-corrected chi connectivity index (χ0v) is 21.0. The van der Waals surface area contributed by atoms with Crippen LogP contribution in [0.15, 0.2) is 30.7 Å². The van der Waals surface area contributed by atoms with E-state index >= 15 is 0 Å². The number of carbonyl (C=O) groups is 1. The van der Waals surface area contributed by atoms with E-state index in [2.05, 4.69) is 30.2 Å². The molecule has 0 radical (unpaired) electrons. The largest absolute Gasteiger partial charge is 0.494 e. The van der Waals surface area contributed by atoms with Gasteiger partial charge < -0.3 is 14.2 Å². The molecular formula is C24H21ClN6O4S. The average Bonchev–Trinajstić information content (AvgIpc) is 3.32. The van der Waals surface area contributed by atoms with Crippen molar-refractivity contribution < 1.29 is 19.0 Å². The van der Waals surface area contributed by atoms with Gasteiger partial charge in [0.05, 0.1) is 37.3 Å². The number of amides is 1. The number of ether oxygens (including phenoxy) is 3. The van der Waals surface area contributed by atoms with Crippen LogP contribution in [0, 0.1) is 6.92 Å². The SMILES string of the molecule is COc1cnc(Cl)cc1-c1cc(C)ncc1C(=O)Nc1nc2ncc(OC3COC4(CC4)C3)nc2s1. The van der Waals surface area contributed by atoms with Crippen molar-refractivity contribution in [2.24, 2.45) is 0 Å². The zero-order valence-electron chi connectivity index (χ0n) is 19.4. The number of aryl methyl sites for hydroxylation is 1. The Bertz CT molecular complexity index is 1490. The normalized spacial score (nSPS) is 17.9. The van der Waals surface area contributed by atoms with E-state index in [9.17, 15) is 4.79 Å². The number of pyridine rings is 2. The van der Waals surface area contributed by atoms with Gasteiger partial charge in [-0.3, -0.25) is 15.1 Å². The van der Waals surface area contributed by atoms with Crippen LogP contribution in [-0.2, 0) is 4.74 Å². The maximum atomic E-state index is 13.3. The summed E-state index contributed by atoms with van der Waals surface area (Å²) in [5.41, 5.74) is 2.76. The number of methoxy groups -OCH3 is 1. The third kappa shape index (κ3) is 4.45. The molecule has 1 saturated heterocycles. The highest BCUT2D eigenvalue weighted by molar-refractivity contribution is 7.21. The van der Waals surface area contributed by atoms with E-state index < -0.39 is 0 Å². The van der Waals surface area contributed by atoms with Crippen LogP contribution in [0.1, 0.15) is 35.3 Å². The van der Waals surface area contributed by atoms with E-state index in [-0.39, 0.29) is 22.8 Å². The van der Waals surface area contributed by atoms with Crippen molar-refractivity contribution in [3.63, 3.8) is 0 Å². The zero-order chi connectivity index (χ0) is 24.9. The lowest BCUT2D eigenvalue weighted by Crippen LogP contribution is -2.17. The maximum Gasteiger partial charge on any atom is 0.259 e. The molecule has 0 bridgehead atoms. The van der Waals surface area contributed by atoms with Crippen LogP contribution in [0.5, 0.6) is 11.6 Å². The molecule has 36 heavy (non-hydrogen) atoms. The van der Waals surface area contributed by atoms with Gasteiger partial charge in [-0.05, 0) is 31.9 Å². The highest BCUT2D eigenvalue weighted by Gasteiger charge is 2.51. The Morgan fingerprint density at radius 2 is 2.03 bits per heavy atom. The number of nitrogens with zero attached hydrogens (tertiary/aromatic N) is 5. The van der Waals surface area contributed by atoms with Gasteiger partial charge in [0, 0.05) is 29.4 Å². The highest BCUT2D eigenvalue weighted by atomic mass is 35.5. The van der Waals surface area contributed by atoms with Crippen molar-refractivity contribution in [1.82, 2.24) is 24.9 Å². The molecule has 2 fully saturated rings. The average molecular weight is 525 g/mol. The van der Waals surface area contributed by atoms with Crippen LogP contribution in [0.2, 0.25) is 5.15 Å². The first-order chi connectivity index (χ1) is 17.4. The summed E-state index contributed by atoms with van der Waals surface area (Å²) in [6.07, 6.45) is 7.60. The molecule has 1 amide bonds. The standard InChI is InChI=1S/C24H21ClN6O4S/c1-12-5-14(15-6-18(25)27-9-17(15)33-2)16(8-26-12)21(32)31-23-30-20-22(36-23)29-19(10-28-20)35-13-7-24(3-4-24)34-11-13/h5-6,8-10,13H,3-4,7,11H2,1-2H3,(H,28,30,31,32). The van der Waals surface area contributed by atoms with Crippen LogP contribution < -0.4 is 14.8 Å². The number of nitrogens with one attached hydrogen (secondary N) is 1. The second-order valence-electron chi connectivity index (χ2n) is 8.83. The van der Waals surface area contributed by atoms with Gasteiger partial charge in [-0.2, -0.15) is 9.97 Å². The van der Waals surface area contributed by atoms with Gasteiger partial charge in [0.2, 0.25) is 5.88 Å². The van der Waals surface area contributed by atoms with E-state index in [0.717, 1.165) is 25.0 Å². The van der Waals surface area contributed by atoms with Crippen LogP contribution in [0.4, 0.5) is 5.13 Å². The fraction of sp³-hybridized carbons (Fsp3) is 0.333.